The summed E-state index contributed by atoms with van der Waals surface area (Å²) in [5.74, 6) is -0.549. The number of carbonyl (C=O) groups excluding carboxylic acids is 2. The number of ketones is 1. The van der Waals surface area contributed by atoms with Crippen molar-refractivity contribution in [3.8, 4) is 0 Å². The molecular formula is C23H18ClN3O2. The van der Waals surface area contributed by atoms with Crippen LogP contribution in [0.4, 0.5) is 0 Å². The van der Waals surface area contributed by atoms with Crippen molar-refractivity contribution in [3.63, 3.8) is 0 Å². The summed E-state index contributed by atoms with van der Waals surface area (Å²) < 4.78 is 1.97. The zero-order valence-electron chi connectivity index (χ0n) is 15.7. The SMILES string of the molecule is Cc1cccc2nc(CNC(=O)c3ccccc3C(=O)c3ccc(Cl)cc3)cn12. The number of benzene rings is 2. The van der Waals surface area contributed by atoms with E-state index in [0.717, 1.165) is 17.0 Å². The van der Waals surface area contributed by atoms with Crippen LogP contribution in [0.25, 0.3) is 5.65 Å². The van der Waals surface area contributed by atoms with E-state index >= 15 is 0 Å². The monoisotopic (exact) mass is 403 g/mol. The van der Waals surface area contributed by atoms with E-state index in [-0.39, 0.29) is 18.2 Å². The molecule has 4 rings (SSSR count). The lowest BCUT2D eigenvalue weighted by molar-refractivity contribution is 0.0939. The van der Waals surface area contributed by atoms with Crippen LogP contribution >= 0.6 is 11.6 Å². The second-order valence-electron chi connectivity index (χ2n) is 6.69. The second kappa shape index (κ2) is 7.89. The first-order chi connectivity index (χ1) is 14.0. The molecule has 5 nitrogen and oxygen atoms in total. The smallest absolute Gasteiger partial charge is 0.252 e. The van der Waals surface area contributed by atoms with E-state index in [2.05, 4.69) is 10.3 Å². The highest BCUT2D eigenvalue weighted by atomic mass is 35.5. The summed E-state index contributed by atoms with van der Waals surface area (Å²) in [6.07, 6.45) is 1.90. The molecule has 1 amide bonds. The third-order valence-corrected chi connectivity index (χ3v) is 4.95. The zero-order chi connectivity index (χ0) is 20.4. The first-order valence-corrected chi connectivity index (χ1v) is 9.52. The minimum absolute atomic E-state index is 0.226. The van der Waals surface area contributed by atoms with Crippen molar-refractivity contribution < 1.29 is 9.59 Å². The van der Waals surface area contributed by atoms with Crippen molar-refractivity contribution in [2.45, 2.75) is 13.5 Å². The normalized spacial score (nSPS) is 10.8. The van der Waals surface area contributed by atoms with E-state index < -0.39 is 0 Å². The minimum Gasteiger partial charge on any atom is -0.346 e. The topological polar surface area (TPSA) is 63.5 Å². The van der Waals surface area contributed by atoms with Crippen molar-refractivity contribution in [2.75, 3.05) is 0 Å². The second-order valence-corrected chi connectivity index (χ2v) is 7.13. The summed E-state index contributed by atoms with van der Waals surface area (Å²) in [5.41, 5.74) is 3.78. The molecule has 4 aromatic rings. The highest BCUT2D eigenvalue weighted by molar-refractivity contribution is 6.30. The van der Waals surface area contributed by atoms with Gasteiger partial charge in [0.1, 0.15) is 5.65 Å². The number of rotatable bonds is 5. The maximum Gasteiger partial charge on any atom is 0.252 e. The van der Waals surface area contributed by atoms with Crippen LogP contribution in [0.2, 0.25) is 5.02 Å². The van der Waals surface area contributed by atoms with Crippen molar-refractivity contribution in [1.82, 2.24) is 14.7 Å². The molecule has 2 heterocycles. The molecule has 0 spiro atoms. The van der Waals surface area contributed by atoms with E-state index in [0.29, 0.717) is 21.7 Å². The molecule has 2 aromatic heterocycles. The third-order valence-electron chi connectivity index (χ3n) is 4.70. The molecule has 0 aliphatic rings. The molecule has 0 saturated heterocycles. The van der Waals surface area contributed by atoms with Crippen LogP contribution in [0, 0.1) is 6.92 Å². The number of pyridine rings is 1. The van der Waals surface area contributed by atoms with Crippen LogP contribution in [0.1, 0.15) is 37.7 Å². The van der Waals surface area contributed by atoms with Gasteiger partial charge in [0.25, 0.3) is 5.91 Å². The number of nitrogens with zero attached hydrogens (tertiary/aromatic N) is 2. The van der Waals surface area contributed by atoms with E-state index in [1.54, 1.807) is 48.5 Å². The highest BCUT2D eigenvalue weighted by Gasteiger charge is 2.18. The number of halogens is 1. The molecule has 0 bridgehead atoms. The first kappa shape index (κ1) is 18.9. The van der Waals surface area contributed by atoms with Gasteiger partial charge in [-0.2, -0.15) is 0 Å². The van der Waals surface area contributed by atoms with Crippen molar-refractivity contribution in [2.24, 2.45) is 0 Å². The number of amides is 1. The molecule has 0 saturated carbocycles. The van der Waals surface area contributed by atoms with Crippen LogP contribution in [-0.2, 0) is 6.54 Å². The standard InChI is InChI=1S/C23H18ClN3O2/c1-15-5-4-8-21-26-18(14-27(15)21)13-25-23(29)20-7-3-2-6-19(20)22(28)16-9-11-17(24)12-10-16/h2-12,14H,13H2,1H3,(H,25,29). The lowest BCUT2D eigenvalue weighted by Gasteiger charge is -2.09. The summed E-state index contributed by atoms with van der Waals surface area (Å²) in [7, 11) is 0. The molecule has 0 radical (unpaired) electrons. The largest absolute Gasteiger partial charge is 0.346 e. The highest BCUT2D eigenvalue weighted by Crippen LogP contribution is 2.17. The van der Waals surface area contributed by atoms with Gasteiger partial charge in [-0.3, -0.25) is 9.59 Å². The van der Waals surface area contributed by atoms with E-state index in [1.165, 1.54) is 0 Å². The Morgan fingerprint density at radius 1 is 0.966 bits per heavy atom. The van der Waals surface area contributed by atoms with Gasteiger partial charge in [0, 0.05) is 28.0 Å². The van der Waals surface area contributed by atoms with Gasteiger partial charge in [0.05, 0.1) is 17.8 Å². The van der Waals surface area contributed by atoms with E-state index in [9.17, 15) is 9.59 Å². The fraction of sp³-hybridized carbons (Fsp3) is 0.0870. The molecule has 144 valence electrons. The van der Waals surface area contributed by atoms with Gasteiger partial charge in [-0.1, -0.05) is 35.9 Å². The Labute approximate surface area is 173 Å². The van der Waals surface area contributed by atoms with E-state index in [1.807, 2.05) is 35.7 Å². The summed E-state index contributed by atoms with van der Waals surface area (Å²) in [4.78, 5) is 30.2. The van der Waals surface area contributed by atoms with Gasteiger partial charge in [0.2, 0.25) is 0 Å². The molecule has 0 atom stereocenters. The van der Waals surface area contributed by atoms with Crippen LogP contribution in [0.5, 0.6) is 0 Å². The molecular weight excluding hydrogens is 386 g/mol. The number of imidazole rings is 1. The number of fused-ring (bicyclic) bond motifs is 1. The Kier molecular flexibility index (Phi) is 5.14. The predicted octanol–water partition coefficient (Wildman–Crippen LogP) is 4.46. The molecule has 0 aliphatic heterocycles. The molecule has 0 unspecified atom stereocenters. The Bertz CT molecular complexity index is 1210. The van der Waals surface area contributed by atoms with Crippen molar-refractivity contribution in [3.05, 3.63) is 106 Å². The minimum atomic E-state index is -0.323. The molecule has 0 aliphatic carbocycles. The Morgan fingerprint density at radius 2 is 1.69 bits per heavy atom. The molecule has 2 aromatic carbocycles. The summed E-state index contributed by atoms with van der Waals surface area (Å²) in [5, 5.41) is 3.41. The number of nitrogens with one attached hydrogen (secondary N) is 1. The number of aromatic nitrogens is 2. The third kappa shape index (κ3) is 3.91. The quantitative estimate of drug-likeness (QED) is 0.500. The zero-order valence-corrected chi connectivity index (χ0v) is 16.5. The number of hydrogen-bond acceptors (Lipinski definition) is 3. The van der Waals surface area contributed by atoms with Gasteiger partial charge in [0.15, 0.2) is 5.78 Å². The number of carbonyl (C=O) groups is 2. The molecule has 29 heavy (non-hydrogen) atoms. The summed E-state index contributed by atoms with van der Waals surface area (Å²) in [6, 6.07) is 19.2. The molecule has 1 N–H and O–H groups in total. The van der Waals surface area contributed by atoms with Crippen LogP contribution in [0.15, 0.2) is 72.9 Å². The molecule has 6 heteroatoms. The van der Waals surface area contributed by atoms with E-state index in [4.69, 9.17) is 11.6 Å². The fourth-order valence-electron chi connectivity index (χ4n) is 3.19. The van der Waals surface area contributed by atoms with Crippen LogP contribution in [-0.4, -0.2) is 21.1 Å². The predicted molar refractivity (Wildman–Crippen MR) is 112 cm³/mol. The summed E-state index contributed by atoms with van der Waals surface area (Å²) >= 11 is 5.90. The fourth-order valence-corrected chi connectivity index (χ4v) is 3.31. The van der Waals surface area contributed by atoms with Crippen LogP contribution < -0.4 is 5.32 Å². The average Bonchev–Trinajstić information content (AvgIpc) is 3.17. The Morgan fingerprint density at radius 3 is 2.41 bits per heavy atom. The maximum atomic E-state index is 12.9. The number of aryl methyl sites for hydroxylation is 1. The Hall–Kier alpha value is -3.44. The van der Waals surface area contributed by atoms with Gasteiger partial charge >= 0.3 is 0 Å². The summed E-state index contributed by atoms with van der Waals surface area (Å²) in [6.45, 7) is 2.26. The lowest BCUT2D eigenvalue weighted by atomic mass is 9.98. The first-order valence-electron chi connectivity index (χ1n) is 9.14. The number of hydrogen-bond donors (Lipinski definition) is 1. The van der Waals surface area contributed by atoms with Crippen molar-refractivity contribution >= 4 is 28.9 Å². The Balaban J connectivity index is 1.55. The lowest BCUT2D eigenvalue weighted by Crippen LogP contribution is -2.25. The van der Waals surface area contributed by atoms with Crippen LogP contribution in [0.3, 0.4) is 0 Å². The van der Waals surface area contributed by atoms with Gasteiger partial charge in [-0.05, 0) is 49.4 Å². The maximum absolute atomic E-state index is 12.9. The van der Waals surface area contributed by atoms with Gasteiger partial charge in [-0.25, -0.2) is 4.98 Å². The van der Waals surface area contributed by atoms with Gasteiger partial charge < -0.3 is 9.72 Å². The van der Waals surface area contributed by atoms with Gasteiger partial charge in [-0.15, -0.1) is 0 Å². The average molecular weight is 404 g/mol. The molecule has 0 fully saturated rings. The van der Waals surface area contributed by atoms with Crippen molar-refractivity contribution in [1.29, 1.82) is 0 Å².